The van der Waals surface area contributed by atoms with E-state index in [1.165, 1.54) is 11.3 Å². The van der Waals surface area contributed by atoms with E-state index in [1.807, 2.05) is 0 Å². The Hall–Kier alpha value is -0.940. The molecule has 16 heavy (non-hydrogen) atoms. The predicted octanol–water partition coefficient (Wildman–Crippen LogP) is 1.77. The molecule has 1 aromatic rings. The maximum atomic E-state index is 11.6. The molecule has 3 N–H and O–H groups in total. The molecule has 4 nitrogen and oxygen atoms in total. The van der Waals surface area contributed by atoms with Crippen LogP contribution in [-0.2, 0) is 6.54 Å². The van der Waals surface area contributed by atoms with Gasteiger partial charge in [0.25, 0.3) is 5.91 Å². The number of thiazole rings is 1. The van der Waals surface area contributed by atoms with Gasteiger partial charge in [0, 0.05) is 18.5 Å². The van der Waals surface area contributed by atoms with Crippen molar-refractivity contribution in [1.82, 2.24) is 10.3 Å². The summed E-state index contributed by atoms with van der Waals surface area (Å²) >= 11 is 1.43. The molecule has 0 fully saturated rings. The molecular weight excluding hydrogens is 222 g/mol. The number of aromatic nitrogens is 1. The van der Waals surface area contributed by atoms with Crippen LogP contribution in [0.5, 0.6) is 0 Å². The molecule has 1 aromatic heterocycles. The Morgan fingerprint density at radius 3 is 2.94 bits per heavy atom. The fourth-order valence-electron chi connectivity index (χ4n) is 1.31. The molecule has 0 aromatic carbocycles. The molecule has 0 spiro atoms. The topological polar surface area (TPSA) is 68.0 Å². The number of nitrogens with zero attached hydrogens (tertiary/aromatic N) is 1. The number of amides is 1. The van der Waals surface area contributed by atoms with E-state index in [9.17, 15) is 4.79 Å². The lowest BCUT2D eigenvalue weighted by Crippen LogP contribution is -2.25. The standard InChI is InChI=1S/C11H19N3OS/c1-8(2)4-3-5-13-11(15)9-7-16-10(6-12)14-9/h7-8H,3-6,12H2,1-2H3,(H,13,15). The largest absolute Gasteiger partial charge is 0.351 e. The van der Waals surface area contributed by atoms with E-state index in [2.05, 4.69) is 24.1 Å². The van der Waals surface area contributed by atoms with E-state index in [1.54, 1.807) is 5.38 Å². The highest BCUT2D eigenvalue weighted by Crippen LogP contribution is 2.08. The summed E-state index contributed by atoms with van der Waals surface area (Å²) < 4.78 is 0. The summed E-state index contributed by atoms with van der Waals surface area (Å²) in [4.78, 5) is 15.7. The quantitative estimate of drug-likeness (QED) is 0.746. The van der Waals surface area contributed by atoms with Gasteiger partial charge in [0.05, 0.1) is 0 Å². The summed E-state index contributed by atoms with van der Waals surface area (Å²) in [6.45, 7) is 5.46. The highest BCUT2D eigenvalue weighted by atomic mass is 32.1. The van der Waals surface area contributed by atoms with Crippen molar-refractivity contribution in [2.45, 2.75) is 33.2 Å². The third-order valence-corrected chi connectivity index (χ3v) is 3.07. The van der Waals surface area contributed by atoms with Gasteiger partial charge in [-0.1, -0.05) is 13.8 Å². The lowest BCUT2D eigenvalue weighted by molar-refractivity contribution is 0.0948. The zero-order valence-electron chi connectivity index (χ0n) is 9.82. The van der Waals surface area contributed by atoms with E-state index in [0.717, 1.165) is 17.8 Å². The van der Waals surface area contributed by atoms with Gasteiger partial charge in [-0.15, -0.1) is 11.3 Å². The third-order valence-electron chi connectivity index (χ3n) is 2.20. The average Bonchev–Trinajstić information content (AvgIpc) is 2.72. The monoisotopic (exact) mass is 241 g/mol. The molecule has 0 saturated heterocycles. The number of hydrogen-bond acceptors (Lipinski definition) is 4. The zero-order valence-corrected chi connectivity index (χ0v) is 10.6. The number of hydrogen-bond donors (Lipinski definition) is 2. The number of carbonyl (C=O) groups is 1. The second kappa shape index (κ2) is 6.60. The minimum atomic E-state index is -0.0975. The maximum absolute atomic E-state index is 11.6. The minimum Gasteiger partial charge on any atom is -0.351 e. The molecule has 0 unspecified atom stereocenters. The molecule has 1 heterocycles. The Morgan fingerprint density at radius 2 is 2.38 bits per heavy atom. The molecule has 0 atom stereocenters. The number of carbonyl (C=O) groups excluding carboxylic acids is 1. The minimum absolute atomic E-state index is 0.0975. The van der Waals surface area contributed by atoms with Gasteiger partial charge in [-0.3, -0.25) is 4.79 Å². The Morgan fingerprint density at radius 1 is 1.62 bits per heavy atom. The van der Waals surface area contributed by atoms with Crippen LogP contribution in [0.4, 0.5) is 0 Å². The fraction of sp³-hybridized carbons (Fsp3) is 0.636. The number of nitrogens with two attached hydrogens (primary N) is 1. The van der Waals surface area contributed by atoms with Crippen LogP contribution in [0.2, 0.25) is 0 Å². The van der Waals surface area contributed by atoms with Crippen molar-refractivity contribution in [2.24, 2.45) is 11.7 Å². The normalized spacial score (nSPS) is 10.8. The smallest absolute Gasteiger partial charge is 0.270 e. The summed E-state index contributed by atoms with van der Waals surface area (Å²) in [7, 11) is 0. The first-order valence-electron chi connectivity index (χ1n) is 5.56. The average molecular weight is 241 g/mol. The van der Waals surface area contributed by atoms with Crippen LogP contribution in [0.1, 0.15) is 42.2 Å². The summed E-state index contributed by atoms with van der Waals surface area (Å²) in [5.41, 5.74) is 5.92. The van der Waals surface area contributed by atoms with Gasteiger partial charge in [-0.25, -0.2) is 4.98 Å². The van der Waals surface area contributed by atoms with E-state index in [0.29, 0.717) is 24.7 Å². The first kappa shape index (κ1) is 13.1. The van der Waals surface area contributed by atoms with Crippen LogP contribution in [0, 0.1) is 5.92 Å². The second-order valence-corrected chi connectivity index (χ2v) is 5.07. The molecule has 0 aliphatic carbocycles. The van der Waals surface area contributed by atoms with Gasteiger partial charge in [-0.2, -0.15) is 0 Å². The van der Waals surface area contributed by atoms with E-state index in [-0.39, 0.29) is 5.91 Å². The van der Waals surface area contributed by atoms with Gasteiger partial charge in [0.1, 0.15) is 10.7 Å². The van der Waals surface area contributed by atoms with Gasteiger partial charge < -0.3 is 11.1 Å². The van der Waals surface area contributed by atoms with Crippen LogP contribution in [0.25, 0.3) is 0 Å². The van der Waals surface area contributed by atoms with Crippen LogP contribution in [0.3, 0.4) is 0 Å². The Kier molecular flexibility index (Phi) is 5.42. The van der Waals surface area contributed by atoms with Gasteiger partial charge in [0.2, 0.25) is 0 Å². The third kappa shape index (κ3) is 4.28. The van der Waals surface area contributed by atoms with Gasteiger partial charge in [-0.05, 0) is 18.8 Å². The molecule has 0 saturated carbocycles. The maximum Gasteiger partial charge on any atom is 0.270 e. The summed E-state index contributed by atoms with van der Waals surface area (Å²) in [5, 5.41) is 5.40. The molecule has 0 bridgehead atoms. The molecule has 5 heteroatoms. The van der Waals surface area contributed by atoms with Crippen molar-refractivity contribution >= 4 is 17.2 Å². The molecule has 0 radical (unpaired) electrons. The van der Waals surface area contributed by atoms with Gasteiger partial charge >= 0.3 is 0 Å². The van der Waals surface area contributed by atoms with E-state index in [4.69, 9.17) is 5.73 Å². The lowest BCUT2D eigenvalue weighted by Gasteiger charge is -2.05. The van der Waals surface area contributed by atoms with Crippen LogP contribution in [0.15, 0.2) is 5.38 Å². The first-order valence-corrected chi connectivity index (χ1v) is 6.44. The van der Waals surface area contributed by atoms with Crippen molar-refractivity contribution < 1.29 is 4.79 Å². The SMILES string of the molecule is CC(C)CCCNC(=O)c1csc(CN)n1. The Bertz CT molecular complexity index is 336. The fourth-order valence-corrected chi connectivity index (χ4v) is 1.97. The molecule has 0 aliphatic rings. The first-order chi connectivity index (χ1) is 7.63. The van der Waals surface area contributed by atoms with Crippen molar-refractivity contribution in [3.05, 3.63) is 16.1 Å². The number of nitrogens with one attached hydrogen (secondary N) is 1. The second-order valence-electron chi connectivity index (χ2n) is 4.12. The van der Waals surface area contributed by atoms with Crippen LogP contribution in [-0.4, -0.2) is 17.4 Å². The summed E-state index contributed by atoms with van der Waals surface area (Å²) in [6.07, 6.45) is 2.14. The zero-order chi connectivity index (χ0) is 12.0. The van der Waals surface area contributed by atoms with Crippen molar-refractivity contribution in [3.63, 3.8) is 0 Å². The highest BCUT2D eigenvalue weighted by molar-refractivity contribution is 7.09. The van der Waals surface area contributed by atoms with Gasteiger partial charge in [0.15, 0.2) is 0 Å². The Balaban J connectivity index is 2.29. The summed E-state index contributed by atoms with van der Waals surface area (Å²) in [6, 6.07) is 0. The molecule has 90 valence electrons. The van der Waals surface area contributed by atoms with Crippen LogP contribution >= 0.6 is 11.3 Å². The summed E-state index contributed by atoms with van der Waals surface area (Å²) in [5.74, 6) is 0.583. The molecule has 1 rings (SSSR count). The van der Waals surface area contributed by atoms with Crippen molar-refractivity contribution in [3.8, 4) is 0 Å². The lowest BCUT2D eigenvalue weighted by atomic mass is 10.1. The molecular formula is C11H19N3OS. The Labute approximate surface area is 100 Å². The molecule has 0 aliphatic heterocycles. The predicted molar refractivity (Wildman–Crippen MR) is 66.4 cm³/mol. The highest BCUT2D eigenvalue weighted by Gasteiger charge is 2.09. The van der Waals surface area contributed by atoms with Crippen molar-refractivity contribution in [1.29, 1.82) is 0 Å². The van der Waals surface area contributed by atoms with E-state index >= 15 is 0 Å². The molecule has 1 amide bonds. The van der Waals surface area contributed by atoms with Crippen molar-refractivity contribution in [2.75, 3.05) is 6.54 Å². The van der Waals surface area contributed by atoms with Crippen LogP contribution < -0.4 is 11.1 Å². The number of rotatable bonds is 6. The van der Waals surface area contributed by atoms with E-state index < -0.39 is 0 Å².